The number of Topliss-reactive ketones (excluding diaryl/α,β-unsaturated/α-hetero) is 1. The first kappa shape index (κ1) is 16.0. The molecule has 3 aromatic rings. The molecule has 0 atom stereocenters. The van der Waals surface area contributed by atoms with Gasteiger partial charge in [0.1, 0.15) is 11.3 Å². The van der Waals surface area contributed by atoms with Crippen LogP contribution in [0.5, 0.6) is 0 Å². The maximum atomic E-state index is 12.7. The molecular formula is C18H16Cl2N2O. The molecule has 0 N–H and O–H groups in total. The Bertz CT molecular complexity index is 853. The third-order valence-corrected chi connectivity index (χ3v) is 4.30. The van der Waals surface area contributed by atoms with Gasteiger partial charge in [-0.1, -0.05) is 42.3 Å². The van der Waals surface area contributed by atoms with Crippen molar-refractivity contribution in [2.45, 2.75) is 26.2 Å². The number of hydrogen-bond acceptors (Lipinski definition) is 2. The lowest BCUT2D eigenvalue weighted by atomic mass is 10.0. The van der Waals surface area contributed by atoms with E-state index in [0.29, 0.717) is 40.6 Å². The normalized spacial score (nSPS) is 11.1. The van der Waals surface area contributed by atoms with Crippen LogP contribution in [0, 0.1) is 0 Å². The number of aromatic nitrogens is 2. The first-order valence-corrected chi connectivity index (χ1v) is 8.28. The van der Waals surface area contributed by atoms with Gasteiger partial charge >= 0.3 is 0 Å². The molecule has 3 nitrogen and oxygen atoms in total. The van der Waals surface area contributed by atoms with Crippen molar-refractivity contribution in [2.75, 3.05) is 0 Å². The van der Waals surface area contributed by atoms with Gasteiger partial charge in [-0.2, -0.15) is 0 Å². The molecule has 0 bridgehead atoms. The first-order valence-electron chi connectivity index (χ1n) is 7.52. The van der Waals surface area contributed by atoms with Crippen molar-refractivity contribution in [1.82, 2.24) is 9.38 Å². The summed E-state index contributed by atoms with van der Waals surface area (Å²) in [5, 5.41) is 1.32. The number of imidazole rings is 1. The second kappa shape index (κ2) is 6.73. The Hall–Kier alpha value is -1.84. The molecule has 0 aliphatic carbocycles. The second-order valence-corrected chi connectivity index (χ2v) is 6.26. The summed E-state index contributed by atoms with van der Waals surface area (Å²) in [6, 6.07) is 11.1. The number of pyridine rings is 1. The minimum Gasteiger partial charge on any atom is -0.297 e. The Morgan fingerprint density at radius 3 is 2.57 bits per heavy atom. The fraction of sp³-hybridized carbons (Fsp3) is 0.222. The number of hydrogen-bond donors (Lipinski definition) is 0. The number of carbonyl (C=O) groups excluding carboxylic acids is 1. The highest BCUT2D eigenvalue weighted by Crippen LogP contribution is 2.20. The highest BCUT2D eigenvalue weighted by atomic mass is 35.5. The summed E-state index contributed by atoms with van der Waals surface area (Å²) in [4.78, 5) is 17.2. The molecule has 1 aromatic carbocycles. The smallest absolute Gasteiger partial charge is 0.181 e. The average molecular weight is 347 g/mol. The third kappa shape index (κ3) is 3.41. The topological polar surface area (TPSA) is 34.4 Å². The quantitative estimate of drug-likeness (QED) is 0.608. The van der Waals surface area contributed by atoms with E-state index in [0.717, 1.165) is 11.3 Å². The Morgan fingerprint density at radius 2 is 1.87 bits per heavy atom. The number of benzene rings is 1. The molecule has 0 saturated heterocycles. The van der Waals surface area contributed by atoms with E-state index in [1.54, 1.807) is 18.3 Å². The van der Waals surface area contributed by atoms with E-state index in [4.69, 9.17) is 23.2 Å². The maximum Gasteiger partial charge on any atom is 0.181 e. The van der Waals surface area contributed by atoms with Crippen molar-refractivity contribution in [1.29, 1.82) is 0 Å². The zero-order valence-electron chi connectivity index (χ0n) is 12.7. The molecule has 0 unspecified atom stereocenters. The SMILES string of the molecule is CCc1nc2cc(Cl)ccn2c1C(=O)CCc1ccc(Cl)cc1. The van der Waals surface area contributed by atoms with Gasteiger partial charge in [0.2, 0.25) is 0 Å². The van der Waals surface area contributed by atoms with Gasteiger partial charge in [-0.05, 0) is 36.6 Å². The van der Waals surface area contributed by atoms with Crippen LogP contribution < -0.4 is 0 Å². The first-order chi connectivity index (χ1) is 11.1. The molecule has 3 rings (SSSR count). The van der Waals surface area contributed by atoms with Crippen LogP contribution in [0.25, 0.3) is 5.65 Å². The molecule has 0 aliphatic heterocycles. The average Bonchev–Trinajstić information content (AvgIpc) is 2.91. The summed E-state index contributed by atoms with van der Waals surface area (Å²) in [7, 11) is 0. The minimum atomic E-state index is 0.0895. The Morgan fingerprint density at radius 1 is 1.13 bits per heavy atom. The van der Waals surface area contributed by atoms with Gasteiger partial charge in [0.05, 0.1) is 5.69 Å². The minimum absolute atomic E-state index is 0.0895. The van der Waals surface area contributed by atoms with Gasteiger partial charge in [-0.3, -0.25) is 9.20 Å². The lowest BCUT2D eigenvalue weighted by Gasteiger charge is -2.04. The second-order valence-electron chi connectivity index (χ2n) is 5.38. The highest BCUT2D eigenvalue weighted by molar-refractivity contribution is 6.31. The van der Waals surface area contributed by atoms with Crippen LogP contribution in [0.4, 0.5) is 0 Å². The molecule has 0 amide bonds. The van der Waals surface area contributed by atoms with Gasteiger partial charge in [-0.15, -0.1) is 0 Å². The lowest BCUT2D eigenvalue weighted by Crippen LogP contribution is -2.07. The van der Waals surface area contributed by atoms with Crippen LogP contribution in [-0.4, -0.2) is 15.2 Å². The number of carbonyl (C=O) groups is 1. The summed E-state index contributed by atoms with van der Waals surface area (Å²) in [5.41, 5.74) is 3.28. The van der Waals surface area contributed by atoms with Crippen molar-refractivity contribution in [2.24, 2.45) is 0 Å². The van der Waals surface area contributed by atoms with Crippen LogP contribution in [0.3, 0.4) is 0 Å². The third-order valence-electron chi connectivity index (χ3n) is 3.81. The Balaban J connectivity index is 1.86. The lowest BCUT2D eigenvalue weighted by molar-refractivity contribution is 0.0976. The molecule has 0 spiro atoms. The molecule has 0 fully saturated rings. The van der Waals surface area contributed by atoms with E-state index >= 15 is 0 Å². The largest absolute Gasteiger partial charge is 0.297 e. The van der Waals surface area contributed by atoms with E-state index in [1.807, 2.05) is 35.6 Å². The molecule has 0 saturated carbocycles. The van der Waals surface area contributed by atoms with Gasteiger partial charge in [-0.25, -0.2) is 4.98 Å². The van der Waals surface area contributed by atoms with Crippen LogP contribution in [0.2, 0.25) is 10.0 Å². The van der Waals surface area contributed by atoms with E-state index in [1.165, 1.54) is 0 Å². The highest BCUT2D eigenvalue weighted by Gasteiger charge is 2.18. The molecule has 118 valence electrons. The van der Waals surface area contributed by atoms with Crippen molar-refractivity contribution in [3.63, 3.8) is 0 Å². The number of fused-ring (bicyclic) bond motifs is 1. The monoisotopic (exact) mass is 346 g/mol. The summed E-state index contributed by atoms with van der Waals surface area (Å²) < 4.78 is 1.83. The van der Waals surface area contributed by atoms with Gasteiger partial charge in [0.15, 0.2) is 5.78 Å². The fourth-order valence-corrected chi connectivity index (χ4v) is 2.92. The van der Waals surface area contributed by atoms with Crippen molar-refractivity contribution in [3.05, 3.63) is 69.6 Å². The van der Waals surface area contributed by atoms with Crippen LogP contribution in [-0.2, 0) is 12.8 Å². The van der Waals surface area contributed by atoms with Crippen molar-refractivity contribution < 1.29 is 4.79 Å². The Kier molecular flexibility index (Phi) is 4.69. The molecule has 0 radical (unpaired) electrons. The molecule has 23 heavy (non-hydrogen) atoms. The number of aryl methyl sites for hydroxylation is 2. The van der Waals surface area contributed by atoms with E-state index < -0.39 is 0 Å². The van der Waals surface area contributed by atoms with Gasteiger partial charge in [0.25, 0.3) is 0 Å². The standard InChI is InChI=1S/C18H16Cl2N2O/c1-2-15-18(22-10-9-14(20)11-17(22)21-15)16(23)8-5-12-3-6-13(19)7-4-12/h3-4,6-7,9-11H,2,5,8H2,1H3. The van der Waals surface area contributed by atoms with E-state index in [9.17, 15) is 4.79 Å². The summed E-state index contributed by atoms with van der Waals surface area (Å²) in [5.74, 6) is 0.0895. The zero-order valence-corrected chi connectivity index (χ0v) is 14.2. The predicted molar refractivity (Wildman–Crippen MR) is 93.7 cm³/mol. The van der Waals surface area contributed by atoms with Crippen molar-refractivity contribution in [3.8, 4) is 0 Å². The molecule has 2 heterocycles. The molecule has 2 aromatic heterocycles. The maximum absolute atomic E-state index is 12.7. The van der Waals surface area contributed by atoms with Crippen LogP contribution >= 0.6 is 23.2 Å². The van der Waals surface area contributed by atoms with Gasteiger partial charge < -0.3 is 0 Å². The van der Waals surface area contributed by atoms with Crippen LogP contribution in [0.1, 0.15) is 35.1 Å². The van der Waals surface area contributed by atoms with Crippen molar-refractivity contribution >= 4 is 34.6 Å². The van der Waals surface area contributed by atoms with E-state index in [-0.39, 0.29) is 5.78 Å². The summed E-state index contributed by atoms with van der Waals surface area (Å²) in [6.07, 6.45) is 3.63. The molecular weight excluding hydrogens is 331 g/mol. The number of rotatable bonds is 5. The van der Waals surface area contributed by atoms with Gasteiger partial charge in [0, 0.05) is 28.7 Å². The summed E-state index contributed by atoms with van der Waals surface area (Å²) in [6.45, 7) is 2.00. The number of halogens is 2. The molecule has 0 aliphatic rings. The van der Waals surface area contributed by atoms with E-state index in [2.05, 4.69) is 4.98 Å². The number of ketones is 1. The Labute approximate surface area is 144 Å². The predicted octanol–water partition coefficient (Wildman–Crippen LogP) is 5.02. The zero-order chi connectivity index (χ0) is 16.4. The fourth-order valence-electron chi connectivity index (χ4n) is 2.64. The molecule has 5 heteroatoms. The van der Waals surface area contributed by atoms with Crippen LogP contribution in [0.15, 0.2) is 42.6 Å². The summed E-state index contributed by atoms with van der Waals surface area (Å²) >= 11 is 11.9. The number of nitrogens with zero attached hydrogens (tertiary/aromatic N) is 2.